The lowest BCUT2D eigenvalue weighted by molar-refractivity contribution is -0.134. The quantitative estimate of drug-likeness (QED) is 0.778. The second-order valence-corrected chi connectivity index (χ2v) is 8.24. The van der Waals surface area contributed by atoms with E-state index in [0.29, 0.717) is 19.4 Å². The highest BCUT2D eigenvalue weighted by Crippen LogP contribution is 2.37. The second kappa shape index (κ2) is 6.43. The molecule has 2 rings (SSSR count). The van der Waals surface area contributed by atoms with Gasteiger partial charge in [0.25, 0.3) is 0 Å². The normalized spacial score (nSPS) is 17.2. The van der Waals surface area contributed by atoms with Crippen LogP contribution in [0.4, 0.5) is 0 Å². The van der Waals surface area contributed by atoms with Crippen molar-refractivity contribution in [2.45, 2.75) is 41.9 Å². The molecule has 0 bridgehead atoms. The van der Waals surface area contributed by atoms with E-state index in [0.717, 1.165) is 35.5 Å². The molecule has 0 spiro atoms. The molecule has 0 aromatic carbocycles. The van der Waals surface area contributed by atoms with Crippen molar-refractivity contribution in [2.24, 2.45) is 5.14 Å². The van der Waals surface area contributed by atoms with Gasteiger partial charge in [-0.05, 0) is 37.8 Å². The first-order valence-corrected chi connectivity index (χ1v) is 9.14. The summed E-state index contributed by atoms with van der Waals surface area (Å²) in [4.78, 5) is 12.7. The zero-order valence-electron chi connectivity index (χ0n) is 11.9. The van der Waals surface area contributed by atoms with E-state index in [-0.39, 0.29) is 15.7 Å². The fourth-order valence-electron chi connectivity index (χ4n) is 2.35. The molecule has 1 aromatic rings. The summed E-state index contributed by atoms with van der Waals surface area (Å²) in [6.45, 7) is 0.475. The highest BCUT2D eigenvalue weighted by atomic mass is 32.2. The van der Waals surface area contributed by atoms with Crippen LogP contribution in [0.2, 0.25) is 0 Å². The van der Waals surface area contributed by atoms with Gasteiger partial charge in [0.2, 0.25) is 15.9 Å². The highest BCUT2D eigenvalue weighted by molar-refractivity contribution is 7.91. The van der Waals surface area contributed by atoms with E-state index in [1.807, 2.05) is 0 Å². The molecule has 0 unspecified atom stereocenters. The Balaban J connectivity index is 1.76. The number of amides is 1. The van der Waals surface area contributed by atoms with Crippen molar-refractivity contribution < 1.29 is 17.9 Å². The molecule has 1 aliphatic rings. The average Bonchev–Trinajstić information content (AvgIpc) is 2.82. The summed E-state index contributed by atoms with van der Waals surface area (Å²) < 4.78 is 27.9. The van der Waals surface area contributed by atoms with E-state index in [1.165, 1.54) is 6.07 Å². The number of sulfonamides is 1. The number of ether oxygens (including phenoxy) is 1. The van der Waals surface area contributed by atoms with Gasteiger partial charge in [-0.2, -0.15) is 0 Å². The fourth-order valence-corrected chi connectivity index (χ4v) is 4.13. The van der Waals surface area contributed by atoms with Gasteiger partial charge in [0.1, 0.15) is 4.21 Å². The van der Waals surface area contributed by atoms with Crippen LogP contribution in [-0.4, -0.2) is 33.6 Å². The maximum atomic E-state index is 11.9. The number of thiophene rings is 1. The van der Waals surface area contributed by atoms with Crippen LogP contribution in [0.15, 0.2) is 16.3 Å². The van der Waals surface area contributed by atoms with Crippen LogP contribution in [0.1, 0.15) is 30.6 Å². The summed E-state index contributed by atoms with van der Waals surface area (Å²) in [5.41, 5.74) is -0.270. The van der Waals surface area contributed by atoms with Gasteiger partial charge in [0.05, 0.1) is 12.0 Å². The minimum atomic E-state index is -3.63. The molecule has 21 heavy (non-hydrogen) atoms. The molecule has 1 fully saturated rings. The van der Waals surface area contributed by atoms with E-state index in [2.05, 4.69) is 5.32 Å². The molecule has 8 heteroatoms. The summed E-state index contributed by atoms with van der Waals surface area (Å²) in [5.74, 6) is -0.0280. The summed E-state index contributed by atoms with van der Waals surface area (Å²) in [6, 6.07) is 3.21. The van der Waals surface area contributed by atoms with Gasteiger partial charge in [0, 0.05) is 18.5 Å². The van der Waals surface area contributed by atoms with Gasteiger partial charge < -0.3 is 10.1 Å². The predicted octanol–water partition coefficient (Wildman–Crippen LogP) is 1.01. The molecular formula is C13H20N2O4S2. The molecule has 0 saturated heterocycles. The SMILES string of the molecule is COC1(CC(=O)NCCc2ccc(S(N)(=O)=O)s2)CCC1. The van der Waals surface area contributed by atoms with Gasteiger partial charge >= 0.3 is 0 Å². The van der Waals surface area contributed by atoms with Crippen LogP contribution in [-0.2, 0) is 26.0 Å². The number of carbonyl (C=O) groups excluding carboxylic acids is 1. The number of carbonyl (C=O) groups is 1. The Morgan fingerprint density at radius 2 is 2.19 bits per heavy atom. The standard InChI is InChI=1S/C13H20N2O4S2/c1-19-13(6-2-7-13)9-11(16)15-8-5-10-3-4-12(20-10)21(14,17)18/h3-4H,2,5-9H2,1H3,(H,15,16)(H2,14,17,18). The molecule has 118 valence electrons. The van der Waals surface area contributed by atoms with E-state index >= 15 is 0 Å². The Labute approximate surface area is 128 Å². The first-order valence-electron chi connectivity index (χ1n) is 6.78. The van der Waals surface area contributed by atoms with Crippen LogP contribution >= 0.6 is 11.3 Å². The molecule has 1 heterocycles. The lowest BCUT2D eigenvalue weighted by Crippen LogP contribution is -2.44. The lowest BCUT2D eigenvalue weighted by Gasteiger charge is -2.39. The number of nitrogens with one attached hydrogen (secondary N) is 1. The summed E-state index contributed by atoms with van der Waals surface area (Å²) in [7, 11) is -1.99. The lowest BCUT2D eigenvalue weighted by atomic mass is 9.77. The number of methoxy groups -OCH3 is 1. The smallest absolute Gasteiger partial charge is 0.247 e. The highest BCUT2D eigenvalue weighted by Gasteiger charge is 2.38. The monoisotopic (exact) mass is 332 g/mol. The second-order valence-electron chi connectivity index (χ2n) is 5.28. The van der Waals surface area contributed by atoms with Gasteiger partial charge in [-0.25, -0.2) is 13.6 Å². The Bertz CT molecular complexity index is 600. The molecule has 0 aliphatic heterocycles. The van der Waals surface area contributed by atoms with E-state index in [4.69, 9.17) is 9.88 Å². The van der Waals surface area contributed by atoms with E-state index < -0.39 is 10.0 Å². The number of nitrogens with two attached hydrogens (primary N) is 1. The van der Waals surface area contributed by atoms with Crippen molar-refractivity contribution >= 4 is 27.3 Å². The Hall–Kier alpha value is -0.960. The third kappa shape index (κ3) is 4.26. The molecule has 1 amide bonds. The van der Waals surface area contributed by atoms with Crippen molar-refractivity contribution in [1.82, 2.24) is 5.32 Å². The van der Waals surface area contributed by atoms with Crippen molar-refractivity contribution in [1.29, 1.82) is 0 Å². The molecule has 0 atom stereocenters. The Kier molecular flexibility index (Phi) is 5.03. The zero-order valence-corrected chi connectivity index (χ0v) is 13.6. The van der Waals surface area contributed by atoms with Crippen molar-refractivity contribution in [3.63, 3.8) is 0 Å². The van der Waals surface area contributed by atoms with Gasteiger partial charge in [-0.1, -0.05) is 0 Å². The third-order valence-corrected chi connectivity index (χ3v) is 6.38. The summed E-state index contributed by atoms with van der Waals surface area (Å²) in [6.07, 6.45) is 3.94. The van der Waals surface area contributed by atoms with Crippen LogP contribution in [0, 0.1) is 0 Å². The average molecular weight is 332 g/mol. The molecule has 1 aliphatic carbocycles. The molecule has 1 aromatic heterocycles. The first-order chi connectivity index (χ1) is 9.85. The third-order valence-electron chi connectivity index (χ3n) is 3.79. The topological polar surface area (TPSA) is 98.5 Å². The summed E-state index contributed by atoms with van der Waals surface area (Å²) >= 11 is 1.14. The molecule has 1 saturated carbocycles. The van der Waals surface area contributed by atoms with E-state index in [9.17, 15) is 13.2 Å². The Morgan fingerprint density at radius 3 is 2.67 bits per heavy atom. The molecular weight excluding hydrogens is 312 g/mol. The molecule has 6 nitrogen and oxygen atoms in total. The largest absolute Gasteiger partial charge is 0.378 e. The van der Waals surface area contributed by atoms with Crippen molar-refractivity contribution in [3.05, 3.63) is 17.0 Å². The van der Waals surface area contributed by atoms with Crippen LogP contribution in [0.25, 0.3) is 0 Å². The van der Waals surface area contributed by atoms with Crippen LogP contribution in [0.5, 0.6) is 0 Å². The van der Waals surface area contributed by atoms with Gasteiger partial charge in [-0.3, -0.25) is 4.79 Å². The Morgan fingerprint density at radius 1 is 1.48 bits per heavy atom. The summed E-state index contributed by atoms with van der Waals surface area (Å²) in [5, 5.41) is 7.90. The number of hydrogen-bond donors (Lipinski definition) is 2. The first kappa shape index (κ1) is 16.4. The predicted molar refractivity (Wildman–Crippen MR) is 80.6 cm³/mol. The minimum absolute atomic E-state index is 0.0280. The minimum Gasteiger partial charge on any atom is -0.378 e. The number of hydrogen-bond acceptors (Lipinski definition) is 5. The maximum Gasteiger partial charge on any atom is 0.247 e. The fraction of sp³-hybridized carbons (Fsp3) is 0.615. The maximum absolute atomic E-state index is 11.9. The van der Waals surface area contributed by atoms with Crippen molar-refractivity contribution in [2.75, 3.05) is 13.7 Å². The van der Waals surface area contributed by atoms with Crippen LogP contribution in [0.3, 0.4) is 0 Å². The van der Waals surface area contributed by atoms with Gasteiger partial charge in [0.15, 0.2) is 0 Å². The number of rotatable bonds is 7. The molecule has 0 radical (unpaired) electrons. The van der Waals surface area contributed by atoms with Crippen molar-refractivity contribution in [3.8, 4) is 0 Å². The van der Waals surface area contributed by atoms with Gasteiger partial charge in [-0.15, -0.1) is 11.3 Å². The zero-order chi connectivity index (χ0) is 15.5. The van der Waals surface area contributed by atoms with Crippen LogP contribution < -0.4 is 10.5 Å². The molecule has 3 N–H and O–H groups in total. The number of primary sulfonamides is 1. The van der Waals surface area contributed by atoms with E-state index in [1.54, 1.807) is 13.2 Å².